The fourth-order valence-corrected chi connectivity index (χ4v) is 1.92. The van der Waals surface area contributed by atoms with E-state index in [9.17, 15) is 0 Å². The van der Waals surface area contributed by atoms with Crippen molar-refractivity contribution in [2.75, 3.05) is 0 Å². The Hall–Kier alpha value is -2.08. The Morgan fingerprint density at radius 3 is 2.29 bits per heavy atom. The van der Waals surface area contributed by atoms with Crippen LogP contribution in [0.3, 0.4) is 0 Å². The van der Waals surface area contributed by atoms with E-state index in [0.717, 1.165) is 5.57 Å². The molecular formula is C17H16. The maximum absolute atomic E-state index is 4.11. The van der Waals surface area contributed by atoms with Crippen molar-refractivity contribution >= 4 is 5.57 Å². The SMILES string of the molecule is C=C(/C=C/C)c1ccccc1-c1ccccc1. The molecular weight excluding hydrogens is 204 g/mol. The van der Waals surface area contributed by atoms with E-state index in [1.807, 2.05) is 25.1 Å². The molecule has 0 saturated carbocycles. The molecule has 0 saturated heterocycles. The number of rotatable bonds is 3. The molecule has 2 aromatic rings. The average Bonchev–Trinajstić information content (AvgIpc) is 2.40. The maximum atomic E-state index is 4.11. The van der Waals surface area contributed by atoms with Crippen LogP contribution in [-0.4, -0.2) is 0 Å². The van der Waals surface area contributed by atoms with Gasteiger partial charge in [0.1, 0.15) is 0 Å². The van der Waals surface area contributed by atoms with E-state index in [2.05, 4.69) is 55.1 Å². The zero-order valence-corrected chi connectivity index (χ0v) is 10.1. The minimum atomic E-state index is 1.05. The highest BCUT2D eigenvalue weighted by molar-refractivity contribution is 5.84. The Morgan fingerprint density at radius 2 is 1.59 bits per heavy atom. The molecule has 0 aliphatic carbocycles. The van der Waals surface area contributed by atoms with Gasteiger partial charge in [-0.05, 0) is 29.2 Å². The van der Waals surface area contributed by atoms with Crippen LogP contribution in [0.15, 0.2) is 73.3 Å². The van der Waals surface area contributed by atoms with Gasteiger partial charge in [0.25, 0.3) is 0 Å². The summed E-state index contributed by atoms with van der Waals surface area (Å²) in [7, 11) is 0. The van der Waals surface area contributed by atoms with Crippen molar-refractivity contribution in [1.29, 1.82) is 0 Å². The van der Waals surface area contributed by atoms with Crippen LogP contribution in [0.1, 0.15) is 12.5 Å². The highest BCUT2D eigenvalue weighted by Gasteiger charge is 2.04. The molecule has 2 rings (SSSR count). The molecule has 0 heteroatoms. The van der Waals surface area contributed by atoms with Gasteiger partial charge in [0.15, 0.2) is 0 Å². The summed E-state index contributed by atoms with van der Waals surface area (Å²) in [6.45, 7) is 6.12. The molecule has 0 nitrogen and oxygen atoms in total. The molecule has 0 aliphatic heterocycles. The van der Waals surface area contributed by atoms with Crippen LogP contribution in [0.2, 0.25) is 0 Å². The fraction of sp³-hybridized carbons (Fsp3) is 0.0588. The summed E-state index contributed by atoms with van der Waals surface area (Å²) in [5, 5.41) is 0. The zero-order valence-electron chi connectivity index (χ0n) is 10.1. The molecule has 0 spiro atoms. The van der Waals surface area contributed by atoms with Gasteiger partial charge in [-0.3, -0.25) is 0 Å². The molecule has 0 bridgehead atoms. The standard InChI is InChI=1S/C17H16/c1-3-9-14(2)16-12-7-8-13-17(16)15-10-5-4-6-11-15/h3-13H,2H2,1H3/b9-3+. The normalized spacial score (nSPS) is 10.6. The first kappa shape index (κ1) is 11.4. The van der Waals surface area contributed by atoms with E-state index in [4.69, 9.17) is 0 Å². The van der Waals surface area contributed by atoms with Gasteiger partial charge in [-0.2, -0.15) is 0 Å². The van der Waals surface area contributed by atoms with Gasteiger partial charge in [-0.1, -0.05) is 73.3 Å². The van der Waals surface area contributed by atoms with Gasteiger partial charge in [0, 0.05) is 0 Å². The van der Waals surface area contributed by atoms with Crippen molar-refractivity contribution in [3.63, 3.8) is 0 Å². The van der Waals surface area contributed by atoms with Gasteiger partial charge in [0.2, 0.25) is 0 Å². The van der Waals surface area contributed by atoms with Crippen LogP contribution in [0, 0.1) is 0 Å². The Bertz CT molecular complexity index is 533. The van der Waals surface area contributed by atoms with E-state index in [-0.39, 0.29) is 0 Å². The fourth-order valence-electron chi connectivity index (χ4n) is 1.92. The predicted molar refractivity (Wildman–Crippen MR) is 75.7 cm³/mol. The topological polar surface area (TPSA) is 0 Å². The van der Waals surface area contributed by atoms with E-state index < -0.39 is 0 Å². The van der Waals surface area contributed by atoms with Gasteiger partial charge < -0.3 is 0 Å². The van der Waals surface area contributed by atoms with E-state index in [0.29, 0.717) is 0 Å². The van der Waals surface area contributed by atoms with Crippen LogP contribution >= 0.6 is 0 Å². The third-order valence-electron chi connectivity index (χ3n) is 2.73. The van der Waals surface area contributed by atoms with Gasteiger partial charge in [-0.25, -0.2) is 0 Å². The smallest absolute Gasteiger partial charge is 0.0106 e. The average molecular weight is 220 g/mol. The molecule has 0 amide bonds. The molecule has 0 heterocycles. The molecule has 0 aliphatic rings. The van der Waals surface area contributed by atoms with Crippen molar-refractivity contribution in [2.45, 2.75) is 6.92 Å². The summed E-state index contributed by atoms with van der Waals surface area (Å²) < 4.78 is 0. The predicted octanol–water partition coefficient (Wildman–Crippen LogP) is 4.94. The molecule has 0 unspecified atom stereocenters. The van der Waals surface area contributed by atoms with Crippen LogP contribution in [0.5, 0.6) is 0 Å². The second kappa shape index (κ2) is 5.31. The quantitative estimate of drug-likeness (QED) is 0.642. The molecule has 0 radical (unpaired) electrons. The van der Waals surface area contributed by atoms with Crippen molar-refractivity contribution in [3.8, 4) is 11.1 Å². The lowest BCUT2D eigenvalue weighted by Gasteiger charge is -2.09. The van der Waals surface area contributed by atoms with Gasteiger partial charge in [0.05, 0.1) is 0 Å². The van der Waals surface area contributed by atoms with Crippen molar-refractivity contribution < 1.29 is 0 Å². The van der Waals surface area contributed by atoms with E-state index >= 15 is 0 Å². The number of allylic oxidation sites excluding steroid dienone is 3. The number of hydrogen-bond donors (Lipinski definition) is 0. The molecule has 84 valence electrons. The lowest BCUT2D eigenvalue weighted by Crippen LogP contribution is -1.86. The maximum Gasteiger partial charge on any atom is -0.0106 e. The second-order valence-electron chi connectivity index (χ2n) is 3.94. The third-order valence-corrected chi connectivity index (χ3v) is 2.73. The molecule has 0 atom stereocenters. The second-order valence-corrected chi connectivity index (χ2v) is 3.94. The number of benzene rings is 2. The summed E-state index contributed by atoms with van der Waals surface area (Å²) in [6.07, 6.45) is 4.06. The molecule has 17 heavy (non-hydrogen) atoms. The molecule has 0 aromatic heterocycles. The molecule has 2 aromatic carbocycles. The van der Waals surface area contributed by atoms with Crippen molar-refractivity contribution in [1.82, 2.24) is 0 Å². The highest BCUT2D eigenvalue weighted by atomic mass is 14.1. The molecule has 0 N–H and O–H groups in total. The summed E-state index contributed by atoms with van der Waals surface area (Å²) in [5.74, 6) is 0. The minimum absolute atomic E-state index is 1.05. The summed E-state index contributed by atoms with van der Waals surface area (Å²) in [6, 6.07) is 18.8. The van der Waals surface area contributed by atoms with E-state index in [1.54, 1.807) is 0 Å². The summed E-state index contributed by atoms with van der Waals surface area (Å²) in [5.41, 5.74) is 4.70. The first-order valence-corrected chi connectivity index (χ1v) is 5.79. The van der Waals surface area contributed by atoms with Crippen LogP contribution in [0.25, 0.3) is 16.7 Å². The minimum Gasteiger partial charge on any atom is -0.0911 e. The van der Waals surface area contributed by atoms with Crippen LogP contribution < -0.4 is 0 Å². The van der Waals surface area contributed by atoms with Crippen LogP contribution in [0.4, 0.5) is 0 Å². The largest absolute Gasteiger partial charge is 0.0911 e. The summed E-state index contributed by atoms with van der Waals surface area (Å²) >= 11 is 0. The Kier molecular flexibility index (Phi) is 3.56. The monoisotopic (exact) mass is 220 g/mol. The third kappa shape index (κ3) is 2.54. The zero-order chi connectivity index (χ0) is 12.1. The number of hydrogen-bond acceptors (Lipinski definition) is 0. The molecule has 0 fully saturated rings. The summed E-state index contributed by atoms with van der Waals surface area (Å²) in [4.78, 5) is 0. The van der Waals surface area contributed by atoms with Crippen LogP contribution in [-0.2, 0) is 0 Å². The Balaban J connectivity index is 2.52. The van der Waals surface area contributed by atoms with Gasteiger partial charge in [-0.15, -0.1) is 0 Å². The lowest BCUT2D eigenvalue weighted by molar-refractivity contribution is 1.57. The van der Waals surface area contributed by atoms with Gasteiger partial charge >= 0.3 is 0 Å². The highest BCUT2D eigenvalue weighted by Crippen LogP contribution is 2.28. The Morgan fingerprint density at radius 1 is 0.941 bits per heavy atom. The Labute approximate surface area is 103 Å². The van der Waals surface area contributed by atoms with E-state index in [1.165, 1.54) is 16.7 Å². The lowest BCUT2D eigenvalue weighted by atomic mass is 9.95. The van der Waals surface area contributed by atoms with Crippen molar-refractivity contribution in [3.05, 3.63) is 78.9 Å². The first-order chi connectivity index (χ1) is 8.33. The van der Waals surface area contributed by atoms with Crippen molar-refractivity contribution in [2.24, 2.45) is 0 Å². The first-order valence-electron chi connectivity index (χ1n) is 5.79.